The van der Waals surface area contributed by atoms with Crippen molar-refractivity contribution in [3.05, 3.63) is 35.7 Å². The molecule has 0 aliphatic heterocycles. The van der Waals surface area contributed by atoms with Crippen LogP contribution in [0.2, 0.25) is 0 Å². The van der Waals surface area contributed by atoms with Crippen molar-refractivity contribution in [3.63, 3.8) is 0 Å². The summed E-state index contributed by atoms with van der Waals surface area (Å²) in [6.45, 7) is 4.45. The first-order chi connectivity index (χ1) is 11.7. The van der Waals surface area contributed by atoms with Gasteiger partial charge in [0.2, 0.25) is 0 Å². The minimum Gasteiger partial charge on any atom is -0.367 e. The quantitative estimate of drug-likeness (QED) is 0.758. The maximum absolute atomic E-state index is 6.11. The van der Waals surface area contributed by atoms with E-state index < -0.39 is 0 Å². The first-order valence-corrected chi connectivity index (χ1v) is 9.25. The Labute approximate surface area is 166 Å². The lowest BCUT2D eigenvalue weighted by Crippen LogP contribution is -2.24. The number of aromatic nitrogens is 3. The van der Waals surface area contributed by atoms with Crippen LogP contribution in [0.25, 0.3) is 5.65 Å². The monoisotopic (exact) mass is 395 g/mol. The molecule has 1 spiro atoms. The van der Waals surface area contributed by atoms with Crippen molar-refractivity contribution < 1.29 is 0 Å². The van der Waals surface area contributed by atoms with Gasteiger partial charge in [0.1, 0.15) is 5.82 Å². The van der Waals surface area contributed by atoms with Gasteiger partial charge in [-0.3, -0.25) is 0 Å². The Hall–Kier alpha value is -1.30. The van der Waals surface area contributed by atoms with Gasteiger partial charge in [-0.25, -0.2) is 4.98 Å². The molecular formula is C19H27Cl2N5. The lowest BCUT2D eigenvalue weighted by atomic mass is 9.80. The second-order valence-electron chi connectivity index (χ2n) is 7.87. The highest BCUT2D eigenvalue weighted by molar-refractivity contribution is 5.85. The fraction of sp³-hybridized carbons (Fsp3) is 0.579. The lowest BCUT2D eigenvalue weighted by Gasteiger charge is -2.25. The Morgan fingerprint density at radius 3 is 2.69 bits per heavy atom. The van der Waals surface area contributed by atoms with Gasteiger partial charge < -0.3 is 11.1 Å². The number of nitrogens with zero attached hydrogens (tertiary/aromatic N) is 3. The maximum atomic E-state index is 6.11. The van der Waals surface area contributed by atoms with E-state index in [1.54, 1.807) is 0 Å². The number of fused-ring (bicyclic) bond motifs is 3. The van der Waals surface area contributed by atoms with Gasteiger partial charge in [0.15, 0.2) is 5.65 Å². The zero-order valence-corrected chi connectivity index (χ0v) is 16.5. The predicted octanol–water partition coefficient (Wildman–Crippen LogP) is 3.79. The van der Waals surface area contributed by atoms with Crippen LogP contribution >= 0.6 is 24.8 Å². The number of rotatable bonds is 2. The molecule has 0 aromatic carbocycles. The number of allylic oxidation sites excluding steroid dienone is 1. The summed E-state index contributed by atoms with van der Waals surface area (Å²) in [7, 11) is 0. The third-order valence-electron chi connectivity index (χ3n) is 6.42. The summed E-state index contributed by atoms with van der Waals surface area (Å²) in [6, 6.07) is 2.77. The number of halogens is 2. The van der Waals surface area contributed by atoms with Crippen molar-refractivity contribution in [2.24, 2.45) is 5.73 Å². The molecule has 7 heteroatoms. The summed E-state index contributed by atoms with van der Waals surface area (Å²) in [4.78, 5) is 5.03. The molecule has 0 unspecified atom stereocenters. The van der Waals surface area contributed by atoms with Crippen LogP contribution in [0.15, 0.2) is 24.4 Å². The zero-order chi connectivity index (χ0) is 16.3. The smallest absolute Gasteiger partial charge is 0.157 e. The van der Waals surface area contributed by atoms with Gasteiger partial charge >= 0.3 is 0 Å². The van der Waals surface area contributed by atoms with E-state index in [2.05, 4.69) is 17.0 Å². The molecule has 0 radical (unpaired) electrons. The molecule has 3 aliphatic rings. The number of hydrogen-bond donors (Lipinski definition) is 2. The van der Waals surface area contributed by atoms with E-state index in [4.69, 9.17) is 10.7 Å². The molecule has 2 fully saturated rings. The summed E-state index contributed by atoms with van der Waals surface area (Å²) in [5, 5.41) is 8.30. The number of hydrogen-bond acceptors (Lipinski definition) is 4. The Bertz CT molecular complexity index is 825. The van der Waals surface area contributed by atoms with Gasteiger partial charge in [-0.05, 0) is 38.5 Å². The van der Waals surface area contributed by atoms with Gasteiger partial charge in [0.25, 0.3) is 0 Å². The largest absolute Gasteiger partial charge is 0.367 e. The standard InChI is InChI=1S/C19H25N5.2ClH/c1-12-10-15-17(19(12)7-2-3-8-19)23-16-6-9-21-24(16)18(15)22-14-5-4-13(20)11-14;;/h6,9,13-14,22H,1-5,7-8,10-11,20H2;2*1H/t13-,14-;;/m0../s1. The molecule has 2 aromatic heterocycles. The lowest BCUT2D eigenvalue weighted by molar-refractivity contribution is 0.525. The van der Waals surface area contributed by atoms with Crippen LogP contribution in [0.1, 0.15) is 56.2 Å². The molecule has 2 aromatic rings. The van der Waals surface area contributed by atoms with E-state index in [-0.39, 0.29) is 30.2 Å². The van der Waals surface area contributed by atoms with Crippen molar-refractivity contribution in [1.82, 2.24) is 14.6 Å². The first kappa shape index (κ1) is 19.5. The van der Waals surface area contributed by atoms with E-state index in [0.29, 0.717) is 12.1 Å². The SMILES string of the molecule is C=C1Cc2c(nc3ccnn3c2N[C@H]2CC[C@H](N)C2)C12CCCC2.Cl.Cl. The average Bonchev–Trinajstić information content (AvgIpc) is 3.32. The second-order valence-corrected chi connectivity index (χ2v) is 7.87. The zero-order valence-electron chi connectivity index (χ0n) is 14.9. The molecule has 2 heterocycles. The first-order valence-electron chi connectivity index (χ1n) is 9.25. The molecule has 0 amide bonds. The van der Waals surface area contributed by atoms with Crippen LogP contribution in [0.3, 0.4) is 0 Å². The van der Waals surface area contributed by atoms with Crippen LogP contribution < -0.4 is 11.1 Å². The highest BCUT2D eigenvalue weighted by atomic mass is 35.5. The van der Waals surface area contributed by atoms with Crippen molar-refractivity contribution in [2.75, 3.05) is 5.32 Å². The fourth-order valence-electron chi connectivity index (χ4n) is 5.15. The van der Waals surface area contributed by atoms with Crippen LogP contribution in [-0.4, -0.2) is 26.7 Å². The summed E-state index contributed by atoms with van der Waals surface area (Å²) >= 11 is 0. The average molecular weight is 396 g/mol. The van der Waals surface area contributed by atoms with E-state index in [9.17, 15) is 0 Å². The predicted molar refractivity (Wildman–Crippen MR) is 110 cm³/mol. The molecule has 142 valence electrons. The van der Waals surface area contributed by atoms with Crippen molar-refractivity contribution in [2.45, 2.75) is 68.9 Å². The van der Waals surface area contributed by atoms with E-state index in [1.807, 2.05) is 16.8 Å². The van der Waals surface area contributed by atoms with Crippen LogP contribution in [-0.2, 0) is 11.8 Å². The molecule has 2 saturated carbocycles. The Kier molecular flexibility index (Phi) is 5.26. The molecule has 5 nitrogen and oxygen atoms in total. The van der Waals surface area contributed by atoms with Crippen LogP contribution in [0, 0.1) is 0 Å². The number of anilines is 1. The molecular weight excluding hydrogens is 369 g/mol. The van der Waals surface area contributed by atoms with E-state index in [1.165, 1.54) is 42.5 Å². The Morgan fingerprint density at radius 2 is 2.00 bits per heavy atom. The molecule has 3 N–H and O–H groups in total. The molecule has 2 atom stereocenters. The topological polar surface area (TPSA) is 68.2 Å². The molecule has 0 saturated heterocycles. The Morgan fingerprint density at radius 1 is 1.23 bits per heavy atom. The van der Waals surface area contributed by atoms with Crippen LogP contribution in [0.4, 0.5) is 5.82 Å². The van der Waals surface area contributed by atoms with Gasteiger partial charge in [0.05, 0.1) is 11.9 Å². The van der Waals surface area contributed by atoms with E-state index >= 15 is 0 Å². The molecule has 5 rings (SSSR count). The van der Waals surface area contributed by atoms with Gasteiger partial charge in [0, 0.05) is 29.1 Å². The number of nitrogens with one attached hydrogen (secondary N) is 1. The van der Waals surface area contributed by atoms with Crippen LogP contribution in [0.5, 0.6) is 0 Å². The van der Waals surface area contributed by atoms with Gasteiger partial charge in [-0.15, -0.1) is 24.8 Å². The summed E-state index contributed by atoms with van der Waals surface area (Å²) in [6.07, 6.45) is 11.0. The van der Waals surface area contributed by atoms with Crippen molar-refractivity contribution in [1.29, 1.82) is 0 Å². The third-order valence-corrected chi connectivity index (χ3v) is 6.42. The highest BCUT2D eigenvalue weighted by Crippen LogP contribution is 2.53. The van der Waals surface area contributed by atoms with E-state index in [0.717, 1.165) is 37.1 Å². The minimum absolute atomic E-state index is 0. The third kappa shape index (κ3) is 2.72. The van der Waals surface area contributed by atoms with Gasteiger partial charge in [-0.2, -0.15) is 9.61 Å². The molecule has 26 heavy (non-hydrogen) atoms. The normalized spacial score (nSPS) is 26.0. The highest BCUT2D eigenvalue weighted by Gasteiger charge is 2.47. The summed E-state index contributed by atoms with van der Waals surface area (Å²) in [5.41, 5.74) is 11.1. The fourth-order valence-corrected chi connectivity index (χ4v) is 5.15. The molecule has 3 aliphatic carbocycles. The van der Waals surface area contributed by atoms with Crippen molar-refractivity contribution >= 4 is 36.3 Å². The summed E-state index contributed by atoms with van der Waals surface area (Å²) < 4.78 is 1.98. The number of nitrogens with two attached hydrogens (primary N) is 1. The Balaban J connectivity index is 0.000000980. The second kappa shape index (κ2) is 7.02. The van der Waals surface area contributed by atoms with Gasteiger partial charge in [-0.1, -0.05) is 25.0 Å². The molecule has 0 bridgehead atoms. The van der Waals surface area contributed by atoms with Crippen molar-refractivity contribution in [3.8, 4) is 0 Å². The summed E-state index contributed by atoms with van der Waals surface area (Å²) in [5.74, 6) is 1.13. The maximum Gasteiger partial charge on any atom is 0.157 e. The minimum atomic E-state index is 0.